The molecule has 0 spiro atoms. The van der Waals surface area contributed by atoms with E-state index in [4.69, 9.17) is 0 Å². The number of amides is 2. The van der Waals surface area contributed by atoms with E-state index in [1.807, 2.05) is 0 Å². The minimum Gasteiger partial charge on any atom is -0.454 e. The van der Waals surface area contributed by atoms with E-state index in [1.165, 1.54) is 18.2 Å². The summed E-state index contributed by atoms with van der Waals surface area (Å²) in [5.74, 6) is -4.62. The summed E-state index contributed by atoms with van der Waals surface area (Å²) in [6, 6.07) is 5.98. The zero-order valence-electron chi connectivity index (χ0n) is 14.4. The highest BCUT2D eigenvalue weighted by molar-refractivity contribution is 9.10. The lowest BCUT2D eigenvalue weighted by Gasteiger charge is -2.09. The molecule has 0 bridgehead atoms. The Kier molecular flexibility index (Phi) is 7.31. The Balaban J connectivity index is 1.80. The van der Waals surface area contributed by atoms with Crippen LogP contribution in [0.1, 0.15) is 10.4 Å². The van der Waals surface area contributed by atoms with Gasteiger partial charge in [0.25, 0.3) is 17.5 Å². The van der Waals surface area contributed by atoms with E-state index in [2.05, 4.69) is 31.3 Å². The number of carbonyl (C=O) groups excluding carboxylic acids is 3. The van der Waals surface area contributed by atoms with Crippen LogP contribution in [-0.2, 0) is 14.3 Å². The van der Waals surface area contributed by atoms with Gasteiger partial charge in [-0.2, -0.15) is 0 Å². The van der Waals surface area contributed by atoms with Gasteiger partial charge in [-0.25, -0.2) is 8.78 Å². The first-order valence-electron chi connectivity index (χ1n) is 7.80. The molecule has 0 aliphatic rings. The summed E-state index contributed by atoms with van der Waals surface area (Å²) in [5, 5.41) is 15.1. The van der Waals surface area contributed by atoms with Gasteiger partial charge in [-0.3, -0.25) is 24.5 Å². The van der Waals surface area contributed by atoms with Gasteiger partial charge in [-0.05, 0) is 34.1 Å². The molecule has 2 rings (SSSR count). The van der Waals surface area contributed by atoms with Crippen LogP contribution in [0, 0.1) is 21.7 Å². The second kappa shape index (κ2) is 9.68. The summed E-state index contributed by atoms with van der Waals surface area (Å²) < 4.78 is 31.2. The molecule has 152 valence electrons. The van der Waals surface area contributed by atoms with Crippen LogP contribution in [0.3, 0.4) is 0 Å². The van der Waals surface area contributed by atoms with E-state index in [1.54, 1.807) is 0 Å². The molecule has 29 heavy (non-hydrogen) atoms. The van der Waals surface area contributed by atoms with Gasteiger partial charge in [0.2, 0.25) is 0 Å². The summed E-state index contributed by atoms with van der Waals surface area (Å²) in [5.41, 5.74) is -0.425. The molecule has 2 aromatic rings. The van der Waals surface area contributed by atoms with Crippen molar-refractivity contribution in [1.82, 2.24) is 5.32 Å². The van der Waals surface area contributed by atoms with Gasteiger partial charge in [0.15, 0.2) is 6.61 Å². The number of esters is 1. The third-order valence-electron chi connectivity index (χ3n) is 3.37. The van der Waals surface area contributed by atoms with E-state index in [9.17, 15) is 33.3 Å². The Morgan fingerprint density at radius 3 is 2.48 bits per heavy atom. The number of nitro groups is 1. The molecule has 0 saturated heterocycles. The predicted octanol–water partition coefficient (Wildman–Crippen LogP) is 2.55. The van der Waals surface area contributed by atoms with E-state index < -0.39 is 53.1 Å². The molecule has 0 saturated carbocycles. The summed E-state index contributed by atoms with van der Waals surface area (Å²) in [6.07, 6.45) is 0. The Bertz CT molecular complexity index is 986. The van der Waals surface area contributed by atoms with Crippen molar-refractivity contribution in [3.63, 3.8) is 0 Å². The average molecular weight is 472 g/mol. The molecule has 2 N–H and O–H groups in total. The Morgan fingerprint density at radius 1 is 1.14 bits per heavy atom. The highest BCUT2D eigenvalue weighted by atomic mass is 79.9. The number of anilines is 1. The molecule has 2 aromatic carbocycles. The van der Waals surface area contributed by atoms with Gasteiger partial charge in [-0.15, -0.1) is 0 Å². The van der Waals surface area contributed by atoms with Gasteiger partial charge in [0.1, 0.15) is 18.2 Å². The number of ether oxygens (including phenoxy) is 1. The fourth-order valence-electron chi connectivity index (χ4n) is 2.02. The van der Waals surface area contributed by atoms with Gasteiger partial charge in [0, 0.05) is 22.7 Å². The number of rotatable bonds is 7. The van der Waals surface area contributed by atoms with Crippen LogP contribution in [0.4, 0.5) is 20.2 Å². The molecule has 0 aliphatic heterocycles. The lowest BCUT2D eigenvalue weighted by atomic mass is 10.2. The monoisotopic (exact) mass is 471 g/mol. The van der Waals surface area contributed by atoms with Crippen LogP contribution >= 0.6 is 15.9 Å². The maximum absolute atomic E-state index is 13.5. The van der Waals surface area contributed by atoms with Crippen molar-refractivity contribution in [2.75, 3.05) is 18.5 Å². The van der Waals surface area contributed by atoms with Crippen LogP contribution in [0.15, 0.2) is 40.9 Å². The van der Waals surface area contributed by atoms with Gasteiger partial charge in [-0.1, -0.05) is 0 Å². The first-order chi connectivity index (χ1) is 13.7. The topological polar surface area (TPSA) is 128 Å². The number of carbonyl (C=O) groups is 3. The number of nitrogens with one attached hydrogen (secondary N) is 2. The molecular weight excluding hydrogens is 460 g/mol. The van der Waals surface area contributed by atoms with E-state index in [0.29, 0.717) is 6.07 Å². The minimum atomic E-state index is -1.09. The van der Waals surface area contributed by atoms with Gasteiger partial charge < -0.3 is 15.4 Å². The highest BCUT2D eigenvalue weighted by Crippen LogP contribution is 2.27. The number of nitro benzene ring substituents is 1. The quantitative estimate of drug-likeness (QED) is 0.362. The SMILES string of the molecule is O=C(COC(=O)CNC(=O)c1ccc(F)cc1F)Nc1ccc([N+](=O)[O-])cc1Br. The first kappa shape index (κ1) is 21.9. The zero-order valence-corrected chi connectivity index (χ0v) is 16.0. The number of nitrogens with zero attached hydrogens (tertiary/aromatic N) is 1. The lowest BCUT2D eigenvalue weighted by Crippen LogP contribution is -2.32. The Morgan fingerprint density at radius 2 is 1.86 bits per heavy atom. The van der Waals surface area contributed by atoms with Crippen molar-refractivity contribution in [3.05, 3.63) is 68.2 Å². The molecule has 0 aromatic heterocycles. The smallest absolute Gasteiger partial charge is 0.325 e. The standard InChI is InChI=1S/C17H12BrF2N3O6/c18-12-6-10(23(27)28)2-4-14(12)22-15(24)8-29-16(25)7-21-17(26)11-3-1-9(19)5-13(11)20/h1-6H,7-8H2,(H,21,26)(H,22,24). The molecule has 2 amide bonds. The third kappa shape index (κ3) is 6.31. The number of halogens is 3. The summed E-state index contributed by atoms with van der Waals surface area (Å²) >= 11 is 3.07. The number of benzene rings is 2. The summed E-state index contributed by atoms with van der Waals surface area (Å²) in [7, 11) is 0. The van der Waals surface area contributed by atoms with Crippen molar-refractivity contribution in [2.45, 2.75) is 0 Å². The minimum absolute atomic E-state index is 0.186. The maximum Gasteiger partial charge on any atom is 0.325 e. The van der Waals surface area contributed by atoms with E-state index >= 15 is 0 Å². The van der Waals surface area contributed by atoms with Crippen LogP contribution in [0.5, 0.6) is 0 Å². The normalized spacial score (nSPS) is 10.2. The molecule has 0 heterocycles. The first-order valence-corrected chi connectivity index (χ1v) is 8.59. The third-order valence-corrected chi connectivity index (χ3v) is 4.03. The maximum atomic E-state index is 13.5. The molecule has 12 heteroatoms. The Labute approximate surface area is 170 Å². The predicted molar refractivity (Wildman–Crippen MR) is 99.1 cm³/mol. The molecule has 0 unspecified atom stereocenters. The molecule has 0 fully saturated rings. The fraction of sp³-hybridized carbons (Fsp3) is 0.118. The molecule has 0 radical (unpaired) electrons. The average Bonchev–Trinajstić information content (AvgIpc) is 2.65. The molecule has 0 aliphatic carbocycles. The van der Waals surface area contributed by atoms with Crippen LogP contribution < -0.4 is 10.6 Å². The van der Waals surface area contributed by atoms with Crippen molar-refractivity contribution in [1.29, 1.82) is 0 Å². The number of non-ortho nitro benzene ring substituents is 1. The van der Waals surface area contributed by atoms with Gasteiger partial charge in [0.05, 0.1) is 16.2 Å². The number of hydrogen-bond acceptors (Lipinski definition) is 6. The molecular formula is C17H12BrF2N3O6. The van der Waals surface area contributed by atoms with Crippen LogP contribution in [0.25, 0.3) is 0 Å². The second-order valence-electron chi connectivity index (χ2n) is 5.44. The van der Waals surface area contributed by atoms with E-state index in [0.717, 1.165) is 12.1 Å². The van der Waals surface area contributed by atoms with Crippen molar-refractivity contribution in [2.24, 2.45) is 0 Å². The zero-order chi connectivity index (χ0) is 21.6. The van der Waals surface area contributed by atoms with Crippen LogP contribution in [0.2, 0.25) is 0 Å². The largest absolute Gasteiger partial charge is 0.454 e. The number of hydrogen-bond donors (Lipinski definition) is 2. The van der Waals surface area contributed by atoms with E-state index in [-0.39, 0.29) is 15.8 Å². The summed E-state index contributed by atoms with van der Waals surface area (Å²) in [4.78, 5) is 45.2. The fourth-order valence-corrected chi connectivity index (χ4v) is 2.49. The second-order valence-corrected chi connectivity index (χ2v) is 6.29. The summed E-state index contributed by atoms with van der Waals surface area (Å²) in [6.45, 7) is -1.34. The van der Waals surface area contributed by atoms with Crippen molar-refractivity contribution < 1.29 is 32.8 Å². The lowest BCUT2D eigenvalue weighted by molar-refractivity contribution is -0.384. The van der Waals surface area contributed by atoms with Crippen molar-refractivity contribution in [3.8, 4) is 0 Å². The molecule has 0 atom stereocenters. The Hall–Kier alpha value is -3.41. The van der Waals surface area contributed by atoms with Crippen molar-refractivity contribution >= 4 is 45.1 Å². The van der Waals surface area contributed by atoms with Crippen LogP contribution in [-0.4, -0.2) is 35.9 Å². The highest BCUT2D eigenvalue weighted by Gasteiger charge is 2.16. The van der Waals surface area contributed by atoms with Gasteiger partial charge >= 0.3 is 5.97 Å². The molecule has 9 nitrogen and oxygen atoms in total.